The molecule has 0 aliphatic carbocycles. The summed E-state index contributed by atoms with van der Waals surface area (Å²) in [4.78, 5) is 26.0. The van der Waals surface area contributed by atoms with E-state index in [0.29, 0.717) is 10.9 Å². The van der Waals surface area contributed by atoms with Crippen molar-refractivity contribution in [2.75, 3.05) is 0 Å². The first-order valence-corrected chi connectivity index (χ1v) is 6.01. The molecule has 1 aromatic heterocycles. The molecular weight excluding hydrogens is 230 g/mol. The topological polar surface area (TPSA) is 70.2 Å². The van der Waals surface area contributed by atoms with E-state index in [1.807, 2.05) is 0 Å². The number of hydrogen-bond acceptors (Lipinski definition) is 2. The number of H-pyrrole nitrogens is 1. The van der Waals surface area contributed by atoms with E-state index in [0.717, 1.165) is 24.8 Å². The second-order valence-corrected chi connectivity index (χ2v) is 4.31. The van der Waals surface area contributed by atoms with Crippen LogP contribution < -0.4 is 5.43 Å². The van der Waals surface area contributed by atoms with E-state index in [1.54, 1.807) is 12.3 Å². The van der Waals surface area contributed by atoms with Crippen molar-refractivity contribution < 1.29 is 9.90 Å². The van der Waals surface area contributed by atoms with Crippen molar-refractivity contribution in [2.24, 2.45) is 0 Å². The van der Waals surface area contributed by atoms with Gasteiger partial charge < -0.3 is 10.1 Å². The summed E-state index contributed by atoms with van der Waals surface area (Å²) < 4.78 is 0. The van der Waals surface area contributed by atoms with Crippen molar-refractivity contribution in [3.63, 3.8) is 0 Å². The van der Waals surface area contributed by atoms with Gasteiger partial charge in [0.1, 0.15) is 0 Å². The number of hydrogen-bond donors (Lipinski definition) is 2. The van der Waals surface area contributed by atoms with E-state index in [2.05, 4.69) is 11.9 Å². The fourth-order valence-corrected chi connectivity index (χ4v) is 1.95. The van der Waals surface area contributed by atoms with Crippen LogP contribution in [0, 0.1) is 0 Å². The first-order chi connectivity index (χ1) is 8.63. The van der Waals surface area contributed by atoms with Crippen LogP contribution in [-0.2, 0) is 6.42 Å². The quantitative estimate of drug-likeness (QED) is 0.869. The number of aromatic amines is 1. The maximum absolute atomic E-state index is 12.1. The fourth-order valence-electron chi connectivity index (χ4n) is 1.95. The van der Waals surface area contributed by atoms with Gasteiger partial charge >= 0.3 is 5.97 Å². The van der Waals surface area contributed by atoms with Crippen molar-refractivity contribution >= 4 is 16.9 Å². The molecule has 4 nitrogen and oxygen atoms in total. The molecule has 0 aliphatic rings. The molecule has 94 valence electrons. The molecular formula is C14H15NO3. The Morgan fingerprint density at radius 3 is 2.83 bits per heavy atom. The Labute approximate surface area is 104 Å². The Hall–Kier alpha value is -2.10. The maximum Gasteiger partial charge on any atom is 0.335 e. The van der Waals surface area contributed by atoms with E-state index in [-0.39, 0.29) is 11.0 Å². The summed E-state index contributed by atoms with van der Waals surface area (Å²) in [6.07, 6.45) is 4.45. The van der Waals surface area contributed by atoms with Gasteiger partial charge in [-0.3, -0.25) is 4.79 Å². The Morgan fingerprint density at radius 2 is 2.17 bits per heavy atom. The lowest BCUT2D eigenvalue weighted by Gasteiger charge is -2.03. The summed E-state index contributed by atoms with van der Waals surface area (Å²) in [6.45, 7) is 2.08. The second kappa shape index (κ2) is 5.04. The normalized spacial score (nSPS) is 10.7. The highest BCUT2D eigenvalue weighted by atomic mass is 16.4. The number of nitrogens with one attached hydrogen (secondary N) is 1. The number of carboxylic acids is 1. The largest absolute Gasteiger partial charge is 0.478 e. The van der Waals surface area contributed by atoms with Gasteiger partial charge in [0.25, 0.3) is 0 Å². The van der Waals surface area contributed by atoms with Crippen molar-refractivity contribution in [3.8, 4) is 0 Å². The summed E-state index contributed by atoms with van der Waals surface area (Å²) >= 11 is 0. The van der Waals surface area contributed by atoms with Crippen molar-refractivity contribution in [1.29, 1.82) is 0 Å². The Balaban J connectivity index is 2.52. The van der Waals surface area contributed by atoms with Gasteiger partial charge in [-0.1, -0.05) is 13.3 Å². The number of benzene rings is 1. The van der Waals surface area contributed by atoms with Gasteiger partial charge in [0.05, 0.1) is 11.1 Å². The number of carboxylic acid groups (broad SMARTS) is 1. The van der Waals surface area contributed by atoms with E-state index < -0.39 is 5.97 Å². The molecule has 0 atom stereocenters. The highest BCUT2D eigenvalue weighted by molar-refractivity contribution is 5.93. The molecule has 0 aliphatic heterocycles. The number of fused-ring (bicyclic) bond motifs is 1. The number of pyridine rings is 1. The first kappa shape index (κ1) is 12.4. The van der Waals surface area contributed by atoms with Gasteiger partial charge in [0.2, 0.25) is 0 Å². The Kier molecular flexibility index (Phi) is 3.46. The average molecular weight is 245 g/mol. The van der Waals surface area contributed by atoms with Crippen LogP contribution in [0.1, 0.15) is 35.7 Å². The first-order valence-electron chi connectivity index (χ1n) is 6.01. The Morgan fingerprint density at radius 1 is 1.39 bits per heavy atom. The predicted octanol–water partition coefficient (Wildman–Crippen LogP) is 2.57. The molecule has 1 aromatic carbocycles. The molecule has 0 spiro atoms. The molecule has 0 amide bonds. The number of aryl methyl sites for hydroxylation is 1. The minimum absolute atomic E-state index is 0.00543. The molecule has 4 heteroatoms. The van der Waals surface area contributed by atoms with Crippen molar-refractivity contribution in [1.82, 2.24) is 4.98 Å². The maximum atomic E-state index is 12.1. The van der Waals surface area contributed by atoms with Crippen molar-refractivity contribution in [2.45, 2.75) is 26.2 Å². The lowest BCUT2D eigenvalue weighted by Crippen LogP contribution is -2.10. The van der Waals surface area contributed by atoms with E-state index >= 15 is 0 Å². The van der Waals surface area contributed by atoms with Crippen LogP contribution in [0.15, 0.2) is 29.2 Å². The van der Waals surface area contributed by atoms with Crippen LogP contribution in [0.2, 0.25) is 0 Å². The molecule has 0 radical (unpaired) electrons. The lowest BCUT2D eigenvalue weighted by atomic mass is 10.1. The lowest BCUT2D eigenvalue weighted by molar-refractivity contribution is 0.0697. The van der Waals surface area contributed by atoms with Crippen LogP contribution in [-0.4, -0.2) is 16.1 Å². The van der Waals surface area contributed by atoms with E-state index in [1.165, 1.54) is 12.1 Å². The smallest absolute Gasteiger partial charge is 0.335 e. The molecule has 2 rings (SSSR count). The van der Waals surface area contributed by atoms with Gasteiger partial charge in [0, 0.05) is 17.1 Å². The highest BCUT2D eigenvalue weighted by Gasteiger charge is 2.08. The number of unbranched alkanes of at least 4 members (excludes halogenated alkanes) is 1. The zero-order valence-corrected chi connectivity index (χ0v) is 10.2. The zero-order chi connectivity index (χ0) is 13.1. The van der Waals surface area contributed by atoms with Crippen LogP contribution in [0.3, 0.4) is 0 Å². The van der Waals surface area contributed by atoms with Gasteiger partial charge in [-0.15, -0.1) is 0 Å². The molecule has 2 N–H and O–H groups in total. The number of rotatable bonds is 4. The molecule has 0 fully saturated rings. The molecule has 1 heterocycles. The van der Waals surface area contributed by atoms with Gasteiger partial charge in [0.15, 0.2) is 5.43 Å². The average Bonchev–Trinajstić information content (AvgIpc) is 2.37. The SMILES string of the molecule is CCCCc1c[nH]c2cc(C(=O)O)ccc2c1=O. The predicted molar refractivity (Wildman–Crippen MR) is 70.1 cm³/mol. The summed E-state index contributed by atoms with van der Waals surface area (Å²) in [6, 6.07) is 4.53. The van der Waals surface area contributed by atoms with Crippen molar-refractivity contribution in [3.05, 3.63) is 45.7 Å². The third kappa shape index (κ3) is 2.27. The van der Waals surface area contributed by atoms with Gasteiger partial charge in [-0.05, 0) is 31.0 Å². The van der Waals surface area contributed by atoms with Gasteiger partial charge in [-0.25, -0.2) is 4.79 Å². The molecule has 0 saturated heterocycles. The molecule has 18 heavy (non-hydrogen) atoms. The second-order valence-electron chi connectivity index (χ2n) is 4.31. The molecule has 0 saturated carbocycles. The van der Waals surface area contributed by atoms with E-state index in [9.17, 15) is 9.59 Å². The highest BCUT2D eigenvalue weighted by Crippen LogP contribution is 2.12. The zero-order valence-electron chi connectivity index (χ0n) is 10.2. The van der Waals surface area contributed by atoms with E-state index in [4.69, 9.17) is 5.11 Å². The van der Waals surface area contributed by atoms with Crippen LogP contribution in [0.25, 0.3) is 10.9 Å². The van der Waals surface area contributed by atoms with Crippen LogP contribution in [0.4, 0.5) is 0 Å². The minimum atomic E-state index is -0.993. The van der Waals surface area contributed by atoms with Crippen LogP contribution in [0.5, 0.6) is 0 Å². The molecule has 0 bridgehead atoms. The third-order valence-electron chi connectivity index (χ3n) is 3.00. The van der Waals surface area contributed by atoms with Gasteiger partial charge in [-0.2, -0.15) is 0 Å². The van der Waals surface area contributed by atoms with Crippen LogP contribution >= 0.6 is 0 Å². The summed E-state index contributed by atoms with van der Waals surface area (Å²) in [7, 11) is 0. The summed E-state index contributed by atoms with van der Waals surface area (Å²) in [5, 5.41) is 9.44. The Bertz CT molecular complexity index is 643. The minimum Gasteiger partial charge on any atom is -0.478 e. The fraction of sp³-hybridized carbons (Fsp3) is 0.286. The monoisotopic (exact) mass is 245 g/mol. The third-order valence-corrected chi connectivity index (χ3v) is 3.00. The summed E-state index contributed by atoms with van der Waals surface area (Å²) in [5.41, 5.74) is 1.50. The number of carbonyl (C=O) groups is 1. The molecule has 0 unspecified atom stereocenters. The molecule has 2 aromatic rings. The standard InChI is InChI=1S/C14H15NO3/c1-2-3-4-10-8-15-12-7-9(14(17)18)5-6-11(12)13(10)16/h5-8H,2-4H2,1H3,(H,15,16)(H,17,18). The summed E-state index contributed by atoms with van der Waals surface area (Å²) in [5.74, 6) is -0.993. The number of aromatic carboxylic acids is 1. The number of aromatic nitrogens is 1.